The number of hydrogen-bond donors (Lipinski definition) is 2. The highest BCUT2D eigenvalue weighted by Crippen LogP contribution is 2.35. The van der Waals surface area contributed by atoms with Crippen LogP contribution in [-0.2, 0) is 4.74 Å². The fourth-order valence-corrected chi connectivity index (χ4v) is 3.78. The molecule has 1 aromatic rings. The van der Waals surface area contributed by atoms with Crippen molar-refractivity contribution in [2.24, 2.45) is 0 Å². The molecule has 1 aliphatic carbocycles. The highest BCUT2D eigenvalue weighted by molar-refractivity contribution is 5.75. The number of carbonyl (C=O) groups excluding carboxylic acids is 1. The molecule has 1 aromatic carbocycles. The van der Waals surface area contributed by atoms with Gasteiger partial charge < -0.3 is 20.1 Å². The number of nitrogens with zero attached hydrogens (tertiary/aromatic N) is 1. The van der Waals surface area contributed by atoms with Crippen molar-refractivity contribution < 1.29 is 14.6 Å². The first-order chi connectivity index (χ1) is 11.2. The molecule has 0 spiro atoms. The maximum atomic E-state index is 12.7. The standard InChI is InChI=1S/C18H24N2O3/c21-16(12-4-2-1-3-5-12)11-20(13-6-7-13)18(22)19-15-10-14-8-9-17(15)23-14/h1-5,13-17,21H,6-11H2,(H,19,22). The number of urea groups is 1. The zero-order valence-electron chi connectivity index (χ0n) is 13.2. The predicted molar refractivity (Wildman–Crippen MR) is 86.0 cm³/mol. The van der Waals surface area contributed by atoms with Gasteiger partial charge in [0, 0.05) is 6.04 Å². The van der Waals surface area contributed by atoms with Crippen molar-refractivity contribution in [1.82, 2.24) is 10.2 Å². The fourth-order valence-electron chi connectivity index (χ4n) is 3.78. The molecule has 0 aromatic heterocycles. The van der Waals surface area contributed by atoms with Gasteiger partial charge in [-0.25, -0.2) is 4.79 Å². The van der Waals surface area contributed by atoms with E-state index in [1.54, 1.807) is 0 Å². The maximum Gasteiger partial charge on any atom is 0.318 e. The first-order valence-corrected chi connectivity index (χ1v) is 8.66. The summed E-state index contributed by atoms with van der Waals surface area (Å²) in [6.45, 7) is 0.349. The van der Waals surface area contributed by atoms with Gasteiger partial charge in [0.2, 0.25) is 0 Å². The average Bonchev–Trinajstić information content (AvgIpc) is 3.20. The van der Waals surface area contributed by atoms with Crippen molar-refractivity contribution in [3.05, 3.63) is 35.9 Å². The lowest BCUT2D eigenvalue weighted by molar-refractivity contribution is 0.0938. The van der Waals surface area contributed by atoms with Gasteiger partial charge in [0.1, 0.15) is 0 Å². The number of aliphatic hydroxyl groups excluding tert-OH is 1. The lowest BCUT2D eigenvalue weighted by Gasteiger charge is -2.29. The Kier molecular flexibility index (Phi) is 3.99. The van der Waals surface area contributed by atoms with Crippen molar-refractivity contribution in [1.29, 1.82) is 0 Å². The molecule has 2 amide bonds. The molecule has 2 bridgehead atoms. The number of hydrogen-bond acceptors (Lipinski definition) is 3. The first-order valence-electron chi connectivity index (χ1n) is 8.66. The van der Waals surface area contributed by atoms with Crippen LogP contribution in [0.2, 0.25) is 0 Å². The highest BCUT2D eigenvalue weighted by Gasteiger charge is 2.43. The molecule has 4 atom stereocenters. The van der Waals surface area contributed by atoms with Gasteiger partial charge in [-0.2, -0.15) is 0 Å². The molecule has 3 fully saturated rings. The molecule has 124 valence electrons. The summed E-state index contributed by atoms with van der Waals surface area (Å²) in [6.07, 6.45) is 5.03. The molecule has 3 aliphatic rings. The zero-order chi connectivity index (χ0) is 15.8. The van der Waals surface area contributed by atoms with E-state index in [1.807, 2.05) is 35.2 Å². The predicted octanol–water partition coefficient (Wildman–Crippen LogP) is 2.21. The summed E-state index contributed by atoms with van der Waals surface area (Å²) < 4.78 is 5.81. The largest absolute Gasteiger partial charge is 0.387 e. The van der Waals surface area contributed by atoms with Gasteiger partial charge in [-0.15, -0.1) is 0 Å². The minimum atomic E-state index is -0.640. The molecule has 5 heteroatoms. The summed E-state index contributed by atoms with van der Waals surface area (Å²) in [5, 5.41) is 13.6. The number of carbonyl (C=O) groups is 1. The number of rotatable bonds is 5. The number of aliphatic hydroxyl groups is 1. The topological polar surface area (TPSA) is 61.8 Å². The summed E-state index contributed by atoms with van der Waals surface area (Å²) in [5.41, 5.74) is 0.856. The Labute approximate surface area is 136 Å². The molecular formula is C18H24N2O3. The van der Waals surface area contributed by atoms with Gasteiger partial charge in [0.05, 0.1) is 30.9 Å². The summed E-state index contributed by atoms with van der Waals surface area (Å²) in [6, 6.07) is 9.90. The highest BCUT2D eigenvalue weighted by atomic mass is 16.5. The Bertz CT molecular complexity index is 561. The van der Waals surface area contributed by atoms with Gasteiger partial charge >= 0.3 is 6.03 Å². The van der Waals surface area contributed by atoms with Crippen molar-refractivity contribution in [3.63, 3.8) is 0 Å². The van der Waals surface area contributed by atoms with Crippen LogP contribution in [0.4, 0.5) is 4.79 Å². The van der Waals surface area contributed by atoms with Crippen LogP contribution in [0.5, 0.6) is 0 Å². The molecule has 23 heavy (non-hydrogen) atoms. The number of ether oxygens (including phenoxy) is 1. The third-order valence-electron chi connectivity index (χ3n) is 5.22. The van der Waals surface area contributed by atoms with Gasteiger partial charge in [-0.05, 0) is 37.7 Å². The van der Waals surface area contributed by atoms with E-state index in [2.05, 4.69) is 5.32 Å². The molecule has 2 heterocycles. The van der Waals surface area contributed by atoms with Crippen molar-refractivity contribution in [2.45, 2.75) is 62.5 Å². The second-order valence-electron chi connectivity index (χ2n) is 6.98. The van der Waals surface area contributed by atoms with Crippen molar-refractivity contribution in [3.8, 4) is 0 Å². The van der Waals surface area contributed by atoms with E-state index in [0.717, 1.165) is 37.7 Å². The molecular weight excluding hydrogens is 292 g/mol. The third kappa shape index (κ3) is 3.21. The molecule has 4 rings (SSSR count). The maximum absolute atomic E-state index is 12.7. The number of benzene rings is 1. The van der Waals surface area contributed by atoms with Crippen LogP contribution in [-0.4, -0.2) is 46.9 Å². The Morgan fingerprint density at radius 2 is 2.04 bits per heavy atom. The number of amides is 2. The third-order valence-corrected chi connectivity index (χ3v) is 5.22. The lowest BCUT2D eigenvalue weighted by Crippen LogP contribution is -2.50. The van der Waals surface area contributed by atoms with Gasteiger partial charge in [-0.3, -0.25) is 0 Å². The Balaban J connectivity index is 1.38. The van der Waals surface area contributed by atoms with Gasteiger partial charge in [-0.1, -0.05) is 30.3 Å². The molecule has 5 nitrogen and oxygen atoms in total. The minimum absolute atomic E-state index is 0.0522. The molecule has 1 saturated carbocycles. The fraction of sp³-hybridized carbons (Fsp3) is 0.611. The minimum Gasteiger partial charge on any atom is -0.387 e. The second kappa shape index (κ2) is 6.13. The molecule has 2 saturated heterocycles. The Morgan fingerprint density at radius 1 is 1.26 bits per heavy atom. The second-order valence-corrected chi connectivity index (χ2v) is 6.98. The average molecular weight is 316 g/mol. The van der Waals surface area contributed by atoms with E-state index in [-0.39, 0.29) is 24.2 Å². The van der Waals surface area contributed by atoms with Crippen molar-refractivity contribution >= 4 is 6.03 Å². The molecule has 0 radical (unpaired) electrons. The van der Waals surface area contributed by atoms with Crippen LogP contribution in [0, 0.1) is 0 Å². The number of fused-ring (bicyclic) bond motifs is 2. The van der Waals surface area contributed by atoms with Crippen LogP contribution < -0.4 is 5.32 Å². The van der Waals surface area contributed by atoms with E-state index in [4.69, 9.17) is 4.74 Å². The lowest BCUT2D eigenvalue weighted by atomic mass is 9.96. The van der Waals surface area contributed by atoms with E-state index in [1.165, 1.54) is 0 Å². The zero-order valence-corrected chi connectivity index (χ0v) is 13.2. The summed E-state index contributed by atoms with van der Waals surface area (Å²) in [4.78, 5) is 14.5. The van der Waals surface area contributed by atoms with Crippen molar-refractivity contribution in [2.75, 3.05) is 6.54 Å². The Morgan fingerprint density at radius 3 is 2.65 bits per heavy atom. The van der Waals surface area contributed by atoms with E-state index in [0.29, 0.717) is 12.6 Å². The number of nitrogens with one attached hydrogen (secondary N) is 1. The summed E-state index contributed by atoms with van der Waals surface area (Å²) >= 11 is 0. The normalized spacial score (nSPS) is 30.2. The smallest absolute Gasteiger partial charge is 0.318 e. The summed E-state index contributed by atoms with van der Waals surface area (Å²) in [7, 11) is 0. The van der Waals surface area contributed by atoms with Crippen LogP contribution in [0.1, 0.15) is 43.8 Å². The summed E-state index contributed by atoms with van der Waals surface area (Å²) in [5.74, 6) is 0. The van der Waals surface area contributed by atoms with E-state index >= 15 is 0 Å². The SMILES string of the molecule is O=C(NC1CC2CCC1O2)N(CC(O)c1ccccc1)C1CC1. The monoisotopic (exact) mass is 316 g/mol. The van der Waals surface area contributed by atoms with Gasteiger partial charge in [0.25, 0.3) is 0 Å². The van der Waals surface area contributed by atoms with Crippen LogP contribution in [0.25, 0.3) is 0 Å². The Hall–Kier alpha value is -1.59. The molecule has 2 aliphatic heterocycles. The van der Waals surface area contributed by atoms with E-state index < -0.39 is 6.10 Å². The molecule has 2 N–H and O–H groups in total. The quantitative estimate of drug-likeness (QED) is 0.875. The first kappa shape index (κ1) is 15.0. The molecule has 4 unspecified atom stereocenters. The van der Waals surface area contributed by atoms with Crippen LogP contribution in [0.3, 0.4) is 0 Å². The van der Waals surface area contributed by atoms with Crippen LogP contribution >= 0.6 is 0 Å². The van der Waals surface area contributed by atoms with Crippen LogP contribution in [0.15, 0.2) is 30.3 Å². The van der Waals surface area contributed by atoms with E-state index in [9.17, 15) is 9.90 Å². The van der Waals surface area contributed by atoms with Gasteiger partial charge in [0.15, 0.2) is 0 Å².